The molecule has 0 saturated carbocycles. The minimum absolute atomic E-state index is 0. The van der Waals surface area contributed by atoms with Crippen molar-refractivity contribution in [2.75, 3.05) is 25.9 Å². The molecule has 1 saturated heterocycles. The van der Waals surface area contributed by atoms with E-state index in [-0.39, 0.29) is 30.7 Å². The van der Waals surface area contributed by atoms with Gasteiger partial charge in [0.2, 0.25) is 0 Å². The van der Waals surface area contributed by atoms with Crippen LogP contribution >= 0.6 is 36.4 Å². The molecule has 114 valence electrons. The van der Waals surface area contributed by atoms with Crippen LogP contribution in [0.15, 0.2) is 18.2 Å². The molecule has 2 rings (SSSR count). The van der Waals surface area contributed by atoms with E-state index in [4.69, 9.17) is 17.3 Å². The summed E-state index contributed by atoms with van der Waals surface area (Å²) in [5.41, 5.74) is 6.64. The molecule has 0 radical (unpaired) electrons. The first-order chi connectivity index (χ1) is 8.58. The topological polar surface area (TPSA) is 58.4 Å². The number of nitrogens with two attached hydrogens (primary N) is 1. The molecule has 1 heterocycles. The van der Waals surface area contributed by atoms with Gasteiger partial charge in [-0.25, -0.2) is 0 Å². The minimum Gasteiger partial charge on any atom is -0.399 e. The number of hydrogen-bond acceptors (Lipinski definition) is 3. The van der Waals surface area contributed by atoms with E-state index in [1.54, 1.807) is 18.2 Å². The van der Waals surface area contributed by atoms with E-state index in [0.29, 0.717) is 28.9 Å². The fraction of sp³-hybridized carbons (Fsp3) is 0.462. The molecule has 0 aromatic heterocycles. The largest absolute Gasteiger partial charge is 0.399 e. The standard InChI is InChI=1S/C13H18ClN3O.2ClH/c1-17-6-2-3-10(17)8-16-13(18)11-5-4-9(15)7-12(11)14;;/h4-5,7,10H,2-3,6,8,15H2,1H3,(H,16,18);2*1H. The molecule has 7 heteroatoms. The number of nitrogen functional groups attached to an aromatic ring is 1. The summed E-state index contributed by atoms with van der Waals surface area (Å²) in [6, 6.07) is 5.37. The third kappa shape index (κ3) is 4.70. The van der Waals surface area contributed by atoms with Crippen LogP contribution in [0.1, 0.15) is 23.2 Å². The van der Waals surface area contributed by atoms with Gasteiger partial charge in [-0.3, -0.25) is 4.79 Å². The summed E-state index contributed by atoms with van der Waals surface area (Å²) in [6.45, 7) is 1.76. The van der Waals surface area contributed by atoms with Crippen LogP contribution in [0.5, 0.6) is 0 Å². The van der Waals surface area contributed by atoms with Gasteiger partial charge in [0.05, 0.1) is 10.6 Å². The zero-order chi connectivity index (χ0) is 13.1. The lowest BCUT2D eigenvalue weighted by Crippen LogP contribution is -2.38. The third-order valence-corrected chi connectivity index (χ3v) is 3.72. The number of rotatable bonds is 3. The summed E-state index contributed by atoms with van der Waals surface area (Å²) in [7, 11) is 2.08. The Kier molecular flexibility index (Phi) is 8.28. The van der Waals surface area contributed by atoms with Crippen molar-refractivity contribution < 1.29 is 4.79 Å². The molecule has 0 spiro atoms. The van der Waals surface area contributed by atoms with Gasteiger partial charge in [0.15, 0.2) is 0 Å². The molecule has 0 aliphatic carbocycles. The maximum absolute atomic E-state index is 12.0. The van der Waals surface area contributed by atoms with Crippen LogP contribution in [0, 0.1) is 0 Å². The Hall–Kier alpha value is -0.680. The first-order valence-electron chi connectivity index (χ1n) is 6.11. The van der Waals surface area contributed by atoms with E-state index < -0.39 is 0 Å². The average molecular weight is 341 g/mol. The van der Waals surface area contributed by atoms with E-state index in [2.05, 4.69) is 17.3 Å². The quantitative estimate of drug-likeness (QED) is 0.832. The predicted molar refractivity (Wildman–Crippen MR) is 88.3 cm³/mol. The van der Waals surface area contributed by atoms with Gasteiger partial charge in [-0.1, -0.05) is 11.6 Å². The Balaban J connectivity index is 0.00000180. The third-order valence-electron chi connectivity index (χ3n) is 3.41. The van der Waals surface area contributed by atoms with Crippen LogP contribution < -0.4 is 11.1 Å². The fourth-order valence-corrected chi connectivity index (χ4v) is 2.53. The van der Waals surface area contributed by atoms with Crippen molar-refractivity contribution in [3.05, 3.63) is 28.8 Å². The average Bonchev–Trinajstić information content (AvgIpc) is 2.72. The molecule has 1 aromatic carbocycles. The highest BCUT2D eigenvalue weighted by Gasteiger charge is 2.21. The first kappa shape index (κ1) is 19.3. The smallest absolute Gasteiger partial charge is 0.252 e. The van der Waals surface area contributed by atoms with Crippen LogP contribution in [0.2, 0.25) is 5.02 Å². The SMILES string of the molecule is CN1CCCC1CNC(=O)c1ccc(N)cc1Cl.Cl.Cl. The first-order valence-corrected chi connectivity index (χ1v) is 6.49. The monoisotopic (exact) mass is 339 g/mol. The molecule has 1 aliphatic rings. The summed E-state index contributed by atoms with van der Waals surface area (Å²) < 4.78 is 0. The van der Waals surface area contributed by atoms with Crippen molar-refractivity contribution in [2.45, 2.75) is 18.9 Å². The number of amides is 1. The van der Waals surface area contributed by atoms with E-state index in [9.17, 15) is 4.79 Å². The number of likely N-dealkylation sites (tertiary alicyclic amines) is 1. The highest BCUT2D eigenvalue weighted by atomic mass is 35.5. The van der Waals surface area contributed by atoms with E-state index in [0.717, 1.165) is 13.0 Å². The number of likely N-dealkylation sites (N-methyl/N-ethyl adjacent to an activating group) is 1. The summed E-state index contributed by atoms with van der Waals surface area (Å²) in [5, 5.41) is 3.32. The molecule has 0 bridgehead atoms. The zero-order valence-corrected chi connectivity index (χ0v) is 13.7. The molecule has 1 aromatic rings. The molecule has 4 nitrogen and oxygen atoms in total. The number of hydrogen-bond donors (Lipinski definition) is 2. The molecule has 1 amide bonds. The molecule has 1 atom stereocenters. The lowest BCUT2D eigenvalue weighted by molar-refractivity contribution is 0.0944. The van der Waals surface area contributed by atoms with Crippen molar-refractivity contribution in [2.24, 2.45) is 0 Å². The van der Waals surface area contributed by atoms with E-state index in [1.165, 1.54) is 6.42 Å². The fourth-order valence-electron chi connectivity index (χ4n) is 2.26. The molecule has 20 heavy (non-hydrogen) atoms. The van der Waals surface area contributed by atoms with Crippen LogP contribution in [-0.4, -0.2) is 37.0 Å². The number of carbonyl (C=O) groups is 1. The van der Waals surface area contributed by atoms with Crippen LogP contribution in [0.25, 0.3) is 0 Å². The maximum atomic E-state index is 12.0. The summed E-state index contributed by atoms with van der Waals surface area (Å²) in [4.78, 5) is 14.3. The molecule has 1 unspecified atom stereocenters. The van der Waals surface area contributed by atoms with Crippen molar-refractivity contribution in [3.8, 4) is 0 Å². The normalized spacial score (nSPS) is 18.0. The van der Waals surface area contributed by atoms with Gasteiger partial charge in [0.1, 0.15) is 0 Å². The highest BCUT2D eigenvalue weighted by Crippen LogP contribution is 2.19. The van der Waals surface area contributed by atoms with Crippen molar-refractivity contribution in [1.82, 2.24) is 10.2 Å². The van der Waals surface area contributed by atoms with Crippen molar-refractivity contribution in [3.63, 3.8) is 0 Å². The van der Waals surface area contributed by atoms with Gasteiger partial charge < -0.3 is 16.0 Å². The van der Waals surface area contributed by atoms with E-state index >= 15 is 0 Å². The van der Waals surface area contributed by atoms with Gasteiger partial charge in [-0.05, 0) is 44.6 Å². The number of carbonyl (C=O) groups excluding carboxylic acids is 1. The molecular weight excluding hydrogens is 321 g/mol. The van der Waals surface area contributed by atoms with Gasteiger partial charge in [-0.15, -0.1) is 24.8 Å². The Morgan fingerprint density at radius 3 is 2.75 bits per heavy atom. The highest BCUT2D eigenvalue weighted by molar-refractivity contribution is 6.34. The number of nitrogens with zero attached hydrogens (tertiary/aromatic N) is 1. The second-order valence-electron chi connectivity index (χ2n) is 4.73. The molecule has 1 fully saturated rings. The van der Waals surface area contributed by atoms with Crippen molar-refractivity contribution >= 4 is 48.0 Å². The van der Waals surface area contributed by atoms with Gasteiger partial charge >= 0.3 is 0 Å². The number of halogens is 3. The van der Waals surface area contributed by atoms with Crippen LogP contribution in [0.4, 0.5) is 5.69 Å². The minimum atomic E-state index is -0.139. The molecular formula is C13H20Cl3N3O. The number of anilines is 1. The Bertz CT molecular complexity index is 456. The van der Waals surface area contributed by atoms with Crippen molar-refractivity contribution in [1.29, 1.82) is 0 Å². The molecule has 1 aliphatic heterocycles. The van der Waals surface area contributed by atoms with Gasteiger partial charge in [0.25, 0.3) is 5.91 Å². The zero-order valence-electron chi connectivity index (χ0n) is 11.3. The van der Waals surface area contributed by atoms with Gasteiger partial charge in [0, 0.05) is 18.3 Å². The maximum Gasteiger partial charge on any atom is 0.252 e. The lowest BCUT2D eigenvalue weighted by Gasteiger charge is -2.19. The Morgan fingerprint density at radius 1 is 1.50 bits per heavy atom. The second kappa shape index (κ2) is 8.57. The Labute approximate surface area is 136 Å². The summed E-state index contributed by atoms with van der Waals surface area (Å²) in [6.07, 6.45) is 2.33. The second-order valence-corrected chi connectivity index (χ2v) is 5.13. The van der Waals surface area contributed by atoms with Crippen LogP contribution in [0.3, 0.4) is 0 Å². The summed E-state index contributed by atoms with van der Waals surface area (Å²) >= 11 is 6.00. The van der Waals surface area contributed by atoms with E-state index in [1.807, 2.05) is 0 Å². The summed E-state index contributed by atoms with van der Waals surface area (Å²) in [5.74, 6) is -0.139. The van der Waals surface area contributed by atoms with Gasteiger partial charge in [-0.2, -0.15) is 0 Å². The number of nitrogens with one attached hydrogen (secondary N) is 1. The number of benzene rings is 1. The molecule has 3 N–H and O–H groups in total. The lowest BCUT2D eigenvalue weighted by atomic mass is 10.1. The Morgan fingerprint density at radius 2 is 2.20 bits per heavy atom. The van der Waals surface area contributed by atoms with Crippen LogP contribution in [-0.2, 0) is 0 Å². The predicted octanol–water partition coefficient (Wildman–Crippen LogP) is 2.59.